The van der Waals surface area contributed by atoms with Crippen molar-refractivity contribution >= 4 is 9.84 Å². The third kappa shape index (κ3) is 5.84. The van der Waals surface area contributed by atoms with E-state index in [4.69, 9.17) is 10.00 Å². The lowest BCUT2D eigenvalue weighted by Gasteiger charge is -2.24. The van der Waals surface area contributed by atoms with Crippen molar-refractivity contribution in [3.05, 3.63) is 29.8 Å². The van der Waals surface area contributed by atoms with Crippen molar-refractivity contribution in [3.63, 3.8) is 0 Å². The van der Waals surface area contributed by atoms with E-state index in [-0.39, 0.29) is 16.2 Å². The van der Waals surface area contributed by atoms with Gasteiger partial charge in [0.1, 0.15) is 0 Å². The lowest BCUT2D eigenvalue weighted by molar-refractivity contribution is -0.00836. The lowest BCUT2D eigenvalue weighted by Crippen LogP contribution is -2.39. The average molecular weight is 310 g/mol. The minimum absolute atomic E-state index is 0.0150. The summed E-state index contributed by atoms with van der Waals surface area (Å²) in [6.45, 7) is 7.41. The maximum absolute atomic E-state index is 12.1. The van der Waals surface area contributed by atoms with Gasteiger partial charge in [-0.3, -0.25) is 0 Å². The number of ether oxygens (including phenoxy) is 1. The van der Waals surface area contributed by atoms with E-state index in [1.165, 1.54) is 24.3 Å². The third-order valence-electron chi connectivity index (χ3n) is 2.98. The number of benzene rings is 1. The van der Waals surface area contributed by atoms with Gasteiger partial charge >= 0.3 is 0 Å². The van der Waals surface area contributed by atoms with Crippen LogP contribution in [0, 0.1) is 11.3 Å². The normalized spacial score (nSPS) is 12.1. The molecule has 0 aliphatic rings. The lowest BCUT2D eigenvalue weighted by atomic mass is 10.1. The number of nitrogens with one attached hydrogen (secondary N) is 1. The molecule has 0 atom stereocenters. The summed E-state index contributed by atoms with van der Waals surface area (Å²) in [7, 11) is -3.33. The van der Waals surface area contributed by atoms with Gasteiger partial charge < -0.3 is 10.1 Å². The highest BCUT2D eigenvalue weighted by molar-refractivity contribution is 7.91. The van der Waals surface area contributed by atoms with E-state index in [1.54, 1.807) is 0 Å². The summed E-state index contributed by atoms with van der Waals surface area (Å²) in [5.74, 6) is 0.0150. The van der Waals surface area contributed by atoms with E-state index in [0.717, 1.165) is 0 Å². The molecule has 5 nitrogen and oxygen atoms in total. The Labute approximate surface area is 126 Å². The van der Waals surface area contributed by atoms with Gasteiger partial charge in [-0.05, 0) is 45.0 Å². The SMILES string of the molecule is CCOC(C)(C)CNCCS(=O)(=O)c1ccc(C#N)cc1. The first-order valence-corrected chi connectivity index (χ1v) is 8.53. The highest BCUT2D eigenvalue weighted by atomic mass is 32.2. The molecule has 1 aromatic carbocycles. The van der Waals surface area contributed by atoms with Crippen LogP contribution in [0.4, 0.5) is 0 Å². The van der Waals surface area contributed by atoms with Gasteiger partial charge in [-0.25, -0.2) is 8.42 Å². The predicted molar refractivity (Wildman–Crippen MR) is 81.8 cm³/mol. The number of sulfone groups is 1. The quantitative estimate of drug-likeness (QED) is 0.740. The van der Waals surface area contributed by atoms with Crippen LogP contribution in [-0.4, -0.2) is 39.5 Å². The monoisotopic (exact) mass is 310 g/mol. The predicted octanol–water partition coefficient (Wildman–Crippen LogP) is 1.74. The second-order valence-electron chi connectivity index (χ2n) is 5.32. The molecular weight excluding hydrogens is 288 g/mol. The van der Waals surface area contributed by atoms with Gasteiger partial charge in [0, 0.05) is 19.7 Å². The minimum atomic E-state index is -3.33. The molecule has 0 aliphatic heterocycles. The first-order chi connectivity index (χ1) is 9.80. The molecule has 0 amide bonds. The summed E-state index contributed by atoms with van der Waals surface area (Å²) in [5, 5.41) is 11.8. The number of nitrogens with zero attached hydrogens (tertiary/aromatic N) is 1. The molecule has 1 rings (SSSR count). The maximum Gasteiger partial charge on any atom is 0.179 e. The molecule has 21 heavy (non-hydrogen) atoms. The second kappa shape index (κ2) is 7.55. The van der Waals surface area contributed by atoms with Crippen molar-refractivity contribution in [2.75, 3.05) is 25.4 Å². The Kier molecular flexibility index (Phi) is 6.34. The molecule has 1 aromatic rings. The molecule has 0 spiro atoms. The van der Waals surface area contributed by atoms with Crippen molar-refractivity contribution in [3.8, 4) is 6.07 Å². The molecule has 1 N–H and O–H groups in total. The van der Waals surface area contributed by atoms with Gasteiger partial charge in [-0.1, -0.05) is 0 Å². The van der Waals surface area contributed by atoms with E-state index in [0.29, 0.717) is 25.3 Å². The van der Waals surface area contributed by atoms with Crippen LogP contribution >= 0.6 is 0 Å². The van der Waals surface area contributed by atoms with Crippen molar-refractivity contribution in [2.24, 2.45) is 0 Å². The van der Waals surface area contributed by atoms with Crippen LogP contribution in [0.2, 0.25) is 0 Å². The van der Waals surface area contributed by atoms with E-state index in [2.05, 4.69) is 5.32 Å². The fourth-order valence-corrected chi connectivity index (χ4v) is 3.09. The Bertz CT molecular complexity index is 586. The Hall–Kier alpha value is -1.42. The molecule has 0 saturated heterocycles. The fraction of sp³-hybridized carbons (Fsp3) is 0.533. The molecule has 0 saturated carbocycles. The van der Waals surface area contributed by atoms with Crippen LogP contribution in [0.3, 0.4) is 0 Å². The summed E-state index contributed by atoms with van der Waals surface area (Å²) in [5.41, 5.74) is 0.137. The zero-order chi connectivity index (χ0) is 15.9. The molecule has 0 radical (unpaired) electrons. The van der Waals surface area contributed by atoms with Crippen LogP contribution in [0.5, 0.6) is 0 Å². The molecule has 116 valence electrons. The van der Waals surface area contributed by atoms with E-state index in [9.17, 15) is 8.42 Å². The highest BCUT2D eigenvalue weighted by Crippen LogP contribution is 2.12. The highest BCUT2D eigenvalue weighted by Gasteiger charge is 2.18. The largest absolute Gasteiger partial charge is 0.375 e. The van der Waals surface area contributed by atoms with Gasteiger partial charge in [0.2, 0.25) is 0 Å². The van der Waals surface area contributed by atoms with Crippen LogP contribution in [0.25, 0.3) is 0 Å². The average Bonchev–Trinajstić information content (AvgIpc) is 2.44. The van der Waals surface area contributed by atoms with Crippen LogP contribution in [-0.2, 0) is 14.6 Å². The smallest absolute Gasteiger partial charge is 0.179 e. The van der Waals surface area contributed by atoms with Crippen LogP contribution in [0.15, 0.2) is 29.2 Å². The summed E-state index contributed by atoms with van der Waals surface area (Å²) >= 11 is 0. The van der Waals surface area contributed by atoms with Crippen molar-refractivity contribution in [2.45, 2.75) is 31.3 Å². The topological polar surface area (TPSA) is 79.2 Å². The van der Waals surface area contributed by atoms with Crippen LogP contribution < -0.4 is 5.32 Å². The standard InChI is InChI=1S/C15H22N2O3S/c1-4-20-15(2,3)12-17-9-10-21(18,19)14-7-5-13(11-16)6-8-14/h5-8,17H,4,9-10,12H2,1-3H3. The minimum Gasteiger partial charge on any atom is -0.375 e. The van der Waals surface area contributed by atoms with Crippen molar-refractivity contribution in [1.29, 1.82) is 5.26 Å². The van der Waals surface area contributed by atoms with E-state index >= 15 is 0 Å². The molecule has 0 aromatic heterocycles. The van der Waals surface area contributed by atoms with E-state index < -0.39 is 9.84 Å². The Morgan fingerprint density at radius 3 is 2.43 bits per heavy atom. The third-order valence-corrected chi connectivity index (χ3v) is 4.71. The van der Waals surface area contributed by atoms with Gasteiger partial charge in [-0.15, -0.1) is 0 Å². The van der Waals surface area contributed by atoms with Gasteiger partial charge in [0.25, 0.3) is 0 Å². The summed E-state index contributed by atoms with van der Waals surface area (Å²) in [6.07, 6.45) is 0. The molecule has 0 unspecified atom stereocenters. The zero-order valence-corrected chi connectivity index (χ0v) is 13.5. The number of hydrogen-bond acceptors (Lipinski definition) is 5. The Morgan fingerprint density at radius 1 is 1.29 bits per heavy atom. The summed E-state index contributed by atoms with van der Waals surface area (Å²) in [6, 6.07) is 7.93. The van der Waals surface area contributed by atoms with Crippen molar-refractivity contribution in [1.82, 2.24) is 5.32 Å². The molecule has 0 heterocycles. The second-order valence-corrected chi connectivity index (χ2v) is 7.43. The van der Waals surface area contributed by atoms with E-state index in [1.807, 2.05) is 26.8 Å². The first kappa shape index (κ1) is 17.6. The van der Waals surface area contributed by atoms with Gasteiger partial charge in [0.05, 0.1) is 27.9 Å². The first-order valence-electron chi connectivity index (χ1n) is 6.88. The van der Waals surface area contributed by atoms with Crippen LogP contribution in [0.1, 0.15) is 26.3 Å². The van der Waals surface area contributed by atoms with Gasteiger partial charge in [0.15, 0.2) is 9.84 Å². The number of nitriles is 1. The molecule has 0 aliphatic carbocycles. The fourth-order valence-electron chi connectivity index (χ4n) is 1.89. The number of rotatable bonds is 8. The summed E-state index contributed by atoms with van der Waals surface area (Å²) < 4.78 is 29.8. The van der Waals surface area contributed by atoms with Gasteiger partial charge in [-0.2, -0.15) is 5.26 Å². The van der Waals surface area contributed by atoms with Crippen molar-refractivity contribution < 1.29 is 13.2 Å². The molecule has 6 heteroatoms. The number of hydrogen-bond donors (Lipinski definition) is 1. The Balaban J connectivity index is 2.52. The molecule has 0 bridgehead atoms. The Morgan fingerprint density at radius 2 is 1.90 bits per heavy atom. The molecular formula is C15H22N2O3S. The zero-order valence-electron chi connectivity index (χ0n) is 12.7. The summed E-state index contributed by atoms with van der Waals surface area (Å²) in [4.78, 5) is 0.243. The molecule has 0 fully saturated rings. The maximum atomic E-state index is 12.1.